The van der Waals surface area contributed by atoms with Crippen LogP contribution in [0.25, 0.3) is 0 Å². The van der Waals surface area contributed by atoms with E-state index in [0.29, 0.717) is 40.7 Å². The number of benzene rings is 1. The summed E-state index contributed by atoms with van der Waals surface area (Å²) >= 11 is 11.8. The monoisotopic (exact) mass is 353 g/mol. The fourth-order valence-electron chi connectivity index (χ4n) is 1.82. The Morgan fingerprint density at radius 1 is 1.35 bits per heavy atom. The number of pyridine rings is 1. The van der Waals surface area contributed by atoms with Gasteiger partial charge in [0.25, 0.3) is 0 Å². The SMILES string of the molecule is COc1ccccc1NC(N)=NCCNc1ncc(Cl)cc1Cl. The van der Waals surface area contributed by atoms with Gasteiger partial charge in [0.1, 0.15) is 11.6 Å². The van der Waals surface area contributed by atoms with Crippen molar-refractivity contribution in [2.75, 3.05) is 30.8 Å². The number of para-hydroxylation sites is 2. The highest BCUT2D eigenvalue weighted by Crippen LogP contribution is 2.23. The number of ether oxygens (including phenoxy) is 1. The van der Waals surface area contributed by atoms with Gasteiger partial charge in [0.05, 0.1) is 29.4 Å². The van der Waals surface area contributed by atoms with Crippen molar-refractivity contribution in [3.63, 3.8) is 0 Å². The molecule has 1 aromatic heterocycles. The van der Waals surface area contributed by atoms with Gasteiger partial charge in [-0.1, -0.05) is 35.3 Å². The second kappa shape index (κ2) is 8.45. The predicted molar refractivity (Wildman–Crippen MR) is 95.9 cm³/mol. The normalized spacial score (nSPS) is 11.2. The predicted octanol–water partition coefficient (Wildman–Crippen LogP) is 3.24. The van der Waals surface area contributed by atoms with E-state index < -0.39 is 0 Å². The molecule has 2 rings (SSSR count). The standard InChI is InChI=1S/C15H17Cl2N5O/c1-23-13-5-3-2-4-12(13)22-15(18)20-7-6-19-14-11(17)8-10(16)9-21-14/h2-5,8-9H,6-7H2,1H3,(H,19,21)(H3,18,20,22). The fourth-order valence-corrected chi connectivity index (χ4v) is 2.27. The Kier molecular flexibility index (Phi) is 6.31. The molecule has 23 heavy (non-hydrogen) atoms. The Hall–Kier alpha value is -2.18. The van der Waals surface area contributed by atoms with E-state index in [1.807, 2.05) is 24.3 Å². The molecule has 0 saturated heterocycles. The molecule has 0 atom stereocenters. The van der Waals surface area contributed by atoms with Crippen molar-refractivity contribution >= 4 is 40.7 Å². The molecule has 2 aromatic rings. The second-order valence-corrected chi connectivity index (χ2v) is 5.35. The molecular formula is C15H17Cl2N5O. The van der Waals surface area contributed by atoms with E-state index in [9.17, 15) is 0 Å². The van der Waals surface area contributed by atoms with E-state index in [0.717, 1.165) is 5.69 Å². The molecule has 122 valence electrons. The molecule has 6 nitrogen and oxygen atoms in total. The third-order valence-corrected chi connectivity index (χ3v) is 3.36. The van der Waals surface area contributed by atoms with E-state index in [1.165, 1.54) is 6.20 Å². The number of anilines is 2. The summed E-state index contributed by atoms with van der Waals surface area (Å²) in [6, 6.07) is 9.08. The van der Waals surface area contributed by atoms with Crippen LogP contribution in [0, 0.1) is 0 Å². The van der Waals surface area contributed by atoms with E-state index in [-0.39, 0.29) is 0 Å². The number of nitrogens with zero attached hydrogens (tertiary/aromatic N) is 2. The Balaban J connectivity index is 1.85. The maximum absolute atomic E-state index is 6.02. The summed E-state index contributed by atoms with van der Waals surface area (Å²) in [5, 5.41) is 7.01. The summed E-state index contributed by atoms with van der Waals surface area (Å²) in [6.07, 6.45) is 1.52. The van der Waals surface area contributed by atoms with E-state index in [1.54, 1.807) is 13.2 Å². The van der Waals surface area contributed by atoms with Crippen molar-refractivity contribution in [1.29, 1.82) is 0 Å². The van der Waals surface area contributed by atoms with Crippen molar-refractivity contribution < 1.29 is 4.74 Å². The van der Waals surface area contributed by atoms with Crippen LogP contribution in [-0.4, -0.2) is 31.1 Å². The summed E-state index contributed by atoms with van der Waals surface area (Å²) in [5.41, 5.74) is 6.61. The van der Waals surface area contributed by atoms with E-state index in [2.05, 4.69) is 20.6 Å². The Morgan fingerprint density at radius 2 is 2.13 bits per heavy atom. The molecule has 0 unspecified atom stereocenters. The summed E-state index contributed by atoms with van der Waals surface area (Å²) in [7, 11) is 1.60. The molecule has 0 aliphatic heterocycles. The number of hydrogen-bond acceptors (Lipinski definition) is 4. The molecule has 0 fully saturated rings. The first kappa shape index (κ1) is 17.2. The summed E-state index contributed by atoms with van der Waals surface area (Å²) < 4.78 is 5.23. The number of rotatable bonds is 6. The fraction of sp³-hybridized carbons (Fsp3) is 0.200. The van der Waals surface area contributed by atoms with Gasteiger partial charge < -0.3 is 21.1 Å². The molecule has 1 aromatic carbocycles. The molecule has 4 N–H and O–H groups in total. The minimum atomic E-state index is 0.298. The topological polar surface area (TPSA) is 84.6 Å². The summed E-state index contributed by atoms with van der Waals surface area (Å²) in [4.78, 5) is 8.32. The van der Waals surface area contributed by atoms with E-state index in [4.69, 9.17) is 33.7 Å². The molecular weight excluding hydrogens is 337 g/mol. The zero-order valence-corrected chi connectivity index (χ0v) is 14.0. The Bertz CT molecular complexity index is 693. The number of aromatic nitrogens is 1. The van der Waals surface area contributed by atoms with Crippen molar-refractivity contribution in [1.82, 2.24) is 4.98 Å². The lowest BCUT2D eigenvalue weighted by Crippen LogP contribution is -2.24. The number of guanidine groups is 1. The molecule has 0 aliphatic carbocycles. The first-order chi connectivity index (χ1) is 11.1. The minimum absolute atomic E-state index is 0.298. The van der Waals surface area contributed by atoms with Crippen molar-refractivity contribution in [3.05, 3.63) is 46.6 Å². The zero-order valence-electron chi connectivity index (χ0n) is 12.5. The van der Waals surface area contributed by atoms with Gasteiger partial charge in [-0.2, -0.15) is 0 Å². The lowest BCUT2D eigenvalue weighted by atomic mass is 10.3. The first-order valence-electron chi connectivity index (χ1n) is 6.85. The van der Waals surface area contributed by atoms with E-state index >= 15 is 0 Å². The number of methoxy groups -OCH3 is 1. The maximum atomic E-state index is 6.02. The second-order valence-electron chi connectivity index (χ2n) is 4.50. The molecule has 1 heterocycles. The van der Waals surface area contributed by atoms with Gasteiger partial charge in [0, 0.05) is 12.7 Å². The van der Waals surface area contributed by atoms with Crippen LogP contribution in [0.2, 0.25) is 10.0 Å². The van der Waals surface area contributed by atoms with Crippen LogP contribution >= 0.6 is 23.2 Å². The minimum Gasteiger partial charge on any atom is -0.495 e. The average molecular weight is 354 g/mol. The molecule has 8 heteroatoms. The highest BCUT2D eigenvalue weighted by atomic mass is 35.5. The molecule has 0 aliphatic rings. The van der Waals surface area contributed by atoms with Crippen LogP contribution in [0.15, 0.2) is 41.5 Å². The van der Waals surface area contributed by atoms with Gasteiger partial charge in [0.15, 0.2) is 5.96 Å². The van der Waals surface area contributed by atoms with Crippen LogP contribution in [0.4, 0.5) is 11.5 Å². The van der Waals surface area contributed by atoms with Gasteiger partial charge in [0.2, 0.25) is 0 Å². The number of nitrogens with one attached hydrogen (secondary N) is 2. The third-order valence-electron chi connectivity index (χ3n) is 2.86. The highest BCUT2D eigenvalue weighted by molar-refractivity contribution is 6.35. The molecule has 0 radical (unpaired) electrons. The van der Waals surface area contributed by atoms with Crippen LogP contribution in [0.1, 0.15) is 0 Å². The lowest BCUT2D eigenvalue weighted by Gasteiger charge is -2.10. The molecule has 0 amide bonds. The number of nitrogens with two attached hydrogens (primary N) is 1. The Morgan fingerprint density at radius 3 is 2.87 bits per heavy atom. The van der Waals surface area contributed by atoms with Crippen LogP contribution in [0.3, 0.4) is 0 Å². The largest absolute Gasteiger partial charge is 0.495 e. The summed E-state index contributed by atoms with van der Waals surface area (Å²) in [5.74, 6) is 1.55. The number of halogens is 2. The zero-order chi connectivity index (χ0) is 16.7. The van der Waals surface area contributed by atoms with Gasteiger partial charge in [-0.05, 0) is 18.2 Å². The average Bonchev–Trinajstić information content (AvgIpc) is 2.53. The number of aliphatic imine (C=N–C) groups is 1. The quantitative estimate of drug-likeness (QED) is 0.421. The molecule has 0 spiro atoms. The maximum Gasteiger partial charge on any atom is 0.193 e. The van der Waals surface area contributed by atoms with Crippen molar-refractivity contribution in [2.45, 2.75) is 0 Å². The van der Waals surface area contributed by atoms with Gasteiger partial charge in [-0.3, -0.25) is 4.99 Å². The molecule has 0 bridgehead atoms. The first-order valence-corrected chi connectivity index (χ1v) is 7.60. The van der Waals surface area contributed by atoms with Crippen molar-refractivity contribution in [2.24, 2.45) is 10.7 Å². The van der Waals surface area contributed by atoms with Crippen LogP contribution < -0.4 is 21.1 Å². The number of hydrogen-bond donors (Lipinski definition) is 3. The summed E-state index contributed by atoms with van der Waals surface area (Å²) in [6.45, 7) is 0.983. The van der Waals surface area contributed by atoms with Gasteiger partial charge in [-0.15, -0.1) is 0 Å². The third kappa shape index (κ3) is 5.19. The smallest absolute Gasteiger partial charge is 0.193 e. The lowest BCUT2D eigenvalue weighted by molar-refractivity contribution is 0.417. The highest BCUT2D eigenvalue weighted by Gasteiger charge is 2.03. The van der Waals surface area contributed by atoms with Crippen LogP contribution in [0.5, 0.6) is 5.75 Å². The van der Waals surface area contributed by atoms with Gasteiger partial charge in [-0.25, -0.2) is 4.98 Å². The van der Waals surface area contributed by atoms with Crippen LogP contribution in [-0.2, 0) is 0 Å². The Labute approximate surface area is 144 Å². The van der Waals surface area contributed by atoms with Crippen molar-refractivity contribution in [3.8, 4) is 5.75 Å². The molecule has 0 saturated carbocycles. The van der Waals surface area contributed by atoms with Gasteiger partial charge >= 0.3 is 0 Å².